The summed E-state index contributed by atoms with van der Waals surface area (Å²) >= 11 is 0. The lowest BCUT2D eigenvalue weighted by Crippen LogP contribution is -2.53. The number of hydrogen-bond acceptors (Lipinski definition) is 5. The monoisotopic (exact) mass is 342 g/mol. The molecule has 1 aliphatic heterocycles. The maximum absolute atomic E-state index is 12.7. The van der Waals surface area contributed by atoms with Crippen LogP contribution < -0.4 is 0 Å². The maximum Gasteiger partial charge on any atom is 0.272 e. The molecular weight excluding hydrogens is 320 g/mol. The number of morpholine rings is 1. The van der Waals surface area contributed by atoms with Crippen LogP contribution in [-0.2, 0) is 16.1 Å². The summed E-state index contributed by atoms with van der Waals surface area (Å²) in [6, 6.07) is 5.76. The first-order valence-electron chi connectivity index (χ1n) is 8.71. The first-order valence-corrected chi connectivity index (χ1v) is 8.71. The van der Waals surface area contributed by atoms with Crippen LogP contribution in [0.3, 0.4) is 0 Å². The van der Waals surface area contributed by atoms with Crippen molar-refractivity contribution < 1.29 is 14.3 Å². The second-order valence-corrected chi connectivity index (χ2v) is 6.59. The van der Waals surface area contributed by atoms with E-state index < -0.39 is 0 Å². The second-order valence-electron chi connectivity index (χ2n) is 6.59. The van der Waals surface area contributed by atoms with E-state index in [4.69, 9.17) is 9.47 Å². The summed E-state index contributed by atoms with van der Waals surface area (Å²) in [7, 11) is 0. The van der Waals surface area contributed by atoms with E-state index in [1.54, 1.807) is 18.5 Å². The van der Waals surface area contributed by atoms with Gasteiger partial charge in [0.2, 0.25) is 0 Å². The molecule has 25 heavy (non-hydrogen) atoms. The van der Waals surface area contributed by atoms with Crippen molar-refractivity contribution in [2.75, 3.05) is 19.8 Å². The number of H-pyrrole nitrogens is 1. The van der Waals surface area contributed by atoms with Crippen molar-refractivity contribution in [3.8, 4) is 0 Å². The van der Waals surface area contributed by atoms with Crippen LogP contribution in [0.4, 0.5) is 0 Å². The van der Waals surface area contributed by atoms with Gasteiger partial charge in [0.25, 0.3) is 5.91 Å². The number of rotatable bonds is 5. The largest absolute Gasteiger partial charge is 0.376 e. The minimum absolute atomic E-state index is 0.00716. The van der Waals surface area contributed by atoms with Crippen LogP contribution in [0.25, 0.3) is 0 Å². The Morgan fingerprint density at radius 1 is 1.36 bits per heavy atom. The summed E-state index contributed by atoms with van der Waals surface area (Å²) in [4.78, 5) is 18.7. The molecule has 2 aromatic heterocycles. The van der Waals surface area contributed by atoms with Crippen LogP contribution in [0.15, 0.2) is 36.8 Å². The van der Waals surface area contributed by atoms with Crippen molar-refractivity contribution in [2.24, 2.45) is 5.92 Å². The number of hydrogen-bond donors (Lipinski definition) is 1. The molecule has 4 rings (SSSR count). The smallest absolute Gasteiger partial charge is 0.272 e. The average molecular weight is 342 g/mol. The average Bonchev–Trinajstić information content (AvgIpc) is 3.32. The van der Waals surface area contributed by atoms with Gasteiger partial charge in [-0.15, -0.1) is 0 Å². The van der Waals surface area contributed by atoms with Gasteiger partial charge in [-0.1, -0.05) is 6.07 Å². The van der Waals surface area contributed by atoms with Gasteiger partial charge in [-0.2, -0.15) is 5.10 Å². The van der Waals surface area contributed by atoms with Crippen molar-refractivity contribution >= 4 is 5.91 Å². The zero-order valence-corrected chi connectivity index (χ0v) is 14.0. The van der Waals surface area contributed by atoms with E-state index in [2.05, 4.69) is 15.2 Å². The van der Waals surface area contributed by atoms with Gasteiger partial charge in [-0.3, -0.25) is 14.9 Å². The number of nitrogens with zero attached hydrogens (tertiary/aromatic N) is 3. The van der Waals surface area contributed by atoms with Gasteiger partial charge < -0.3 is 14.4 Å². The number of pyridine rings is 1. The molecule has 7 heteroatoms. The molecule has 3 heterocycles. The third-order valence-corrected chi connectivity index (χ3v) is 5.04. The molecule has 0 bridgehead atoms. The summed E-state index contributed by atoms with van der Waals surface area (Å²) in [5.74, 6) is 0.326. The normalized spacial score (nSPS) is 25.8. The number of carbonyl (C=O) groups excluding carboxylic acids is 1. The summed E-state index contributed by atoms with van der Waals surface area (Å²) in [5, 5.41) is 6.64. The molecule has 2 fully saturated rings. The molecule has 7 nitrogen and oxygen atoms in total. The molecule has 0 radical (unpaired) electrons. The Kier molecular flexibility index (Phi) is 4.76. The van der Waals surface area contributed by atoms with Crippen molar-refractivity contribution in [3.05, 3.63) is 48.0 Å². The zero-order chi connectivity index (χ0) is 17.1. The lowest BCUT2D eigenvalue weighted by Gasteiger charge is -2.39. The quantitative estimate of drug-likeness (QED) is 0.893. The van der Waals surface area contributed by atoms with E-state index in [0.29, 0.717) is 38.0 Å². The standard InChI is InChI=1S/C18H22N4O3/c23-18(15-5-7-20-21-15)22-8-9-25-17-14(3-4-16(17)22)12-24-11-13-2-1-6-19-10-13/h1-2,5-7,10,14,16-17H,3-4,8-9,11-12H2,(H,20,21)/t14-,16+,17-/m1/s1. The lowest BCUT2D eigenvalue weighted by molar-refractivity contribution is -0.0766. The minimum Gasteiger partial charge on any atom is -0.376 e. The predicted molar refractivity (Wildman–Crippen MR) is 89.8 cm³/mol. The van der Waals surface area contributed by atoms with E-state index in [1.165, 1.54) is 0 Å². The first kappa shape index (κ1) is 16.2. The van der Waals surface area contributed by atoms with Gasteiger partial charge in [-0.05, 0) is 30.5 Å². The van der Waals surface area contributed by atoms with E-state index in [0.717, 1.165) is 18.4 Å². The molecule has 3 atom stereocenters. The number of amides is 1. The Hall–Kier alpha value is -2.25. The van der Waals surface area contributed by atoms with Gasteiger partial charge in [0, 0.05) is 31.1 Å². The molecule has 132 valence electrons. The zero-order valence-electron chi connectivity index (χ0n) is 14.0. The van der Waals surface area contributed by atoms with Crippen molar-refractivity contribution in [2.45, 2.75) is 31.6 Å². The Labute approximate surface area is 146 Å². The maximum atomic E-state index is 12.7. The number of aromatic nitrogens is 3. The predicted octanol–water partition coefficient (Wildman–Crippen LogP) is 1.64. The highest BCUT2D eigenvalue weighted by molar-refractivity contribution is 5.92. The Bertz CT molecular complexity index is 692. The molecular formula is C18H22N4O3. The van der Waals surface area contributed by atoms with Crippen molar-refractivity contribution in [3.63, 3.8) is 0 Å². The fraction of sp³-hybridized carbons (Fsp3) is 0.500. The minimum atomic E-state index is 0.00716. The Morgan fingerprint density at radius 2 is 2.32 bits per heavy atom. The molecule has 1 N–H and O–H groups in total. The highest BCUT2D eigenvalue weighted by atomic mass is 16.5. The molecule has 1 saturated heterocycles. The summed E-state index contributed by atoms with van der Waals surface area (Å²) in [6.45, 7) is 2.39. The fourth-order valence-electron chi connectivity index (χ4n) is 3.83. The van der Waals surface area contributed by atoms with E-state index in [9.17, 15) is 4.79 Å². The van der Waals surface area contributed by atoms with Crippen LogP contribution >= 0.6 is 0 Å². The van der Waals surface area contributed by atoms with Crippen LogP contribution in [-0.4, -0.2) is 57.9 Å². The molecule has 1 aliphatic carbocycles. The van der Waals surface area contributed by atoms with Crippen molar-refractivity contribution in [1.82, 2.24) is 20.1 Å². The third kappa shape index (κ3) is 3.43. The molecule has 0 unspecified atom stereocenters. The number of carbonyl (C=O) groups is 1. The topological polar surface area (TPSA) is 80.3 Å². The molecule has 0 spiro atoms. The fourth-order valence-corrected chi connectivity index (χ4v) is 3.83. The van der Waals surface area contributed by atoms with Gasteiger partial charge >= 0.3 is 0 Å². The summed E-state index contributed by atoms with van der Waals surface area (Å²) in [6.07, 6.45) is 7.19. The number of aromatic amines is 1. The van der Waals surface area contributed by atoms with Gasteiger partial charge in [0.05, 0.1) is 32.0 Å². The van der Waals surface area contributed by atoms with E-state index in [1.807, 2.05) is 23.2 Å². The summed E-state index contributed by atoms with van der Waals surface area (Å²) in [5.41, 5.74) is 1.61. The van der Waals surface area contributed by atoms with E-state index >= 15 is 0 Å². The number of nitrogens with one attached hydrogen (secondary N) is 1. The Morgan fingerprint density at radius 3 is 3.12 bits per heavy atom. The van der Waals surface area contributed by atoms with Crippen LogP contribution in [0.5, 0.6) is 0 Å². The number of fused-ring (bicyclic) bond motifs is 1. The van der Waals surface area contributed by atoms with Crippen LogP contribution in [0.2, 0.25) is 0 Å². The molecule has 1 amide bonds. The van der Waals surface area contributed by atoms with Gasteiger partial charge in [0.1, 0.15) is 5.69 Å². The van der Waals surface area contributed by atoms with Gasteiger partial charge in [0.15, 0.2) is 0 Å². The first-order chi connectivity index (χ1) is 12.3. The third-order valence-electron chi connectivity index (χ3n) is 5.04. The van der Waals surface area contributed by atoms with Crippen molar-refractivity contribution in [1.29, 1.82) is 0 Å². The molecule has 1 saturated carbocycles. The SMILES string of the molecule is O=C(c1ccn[nH]1)N1CCO[C@@H]2[C@@H](COCc3cccnc3)CC[C@@H]21. The van der Waals surface area contributed by atoms with E-state index in [-0.39, 0.29) is 18.1 Å². The lowest BCUT2D eigenvalue weighted by atomic mass is 10.0. The highest BCUT2D eigenvalue weighted by Crippen LogP contribution is 2.35. The van der Waals surface area contributed by atoms with Crippen LogP contribution in [0.1, 0.15) is 28.9 Å². The molecule has 2 aliphatic rings. The van der Waals surface area contributed by atoms with Gasteiger partial charge in [-0.25, -0.2) is 0 Å². The summed E-state index contributed by atoms with van der Waals surface area (Å²) < 4.78 is 11.9. The number of ether oxygens (including phenoxy) is 2. The highest BCUT2D eigenvalue weighted by Gasteiger charge is 2.44. The molecule has 2 aromatic rings. The Balaban J connectivity index is 1.35. The second kappa shape index (κ2) is 7.33. The molecule has 0 aromatic carbocycles. The van der Waals surface area contributed by atoms with Crippen LogP contribution in [0, 0.1) is 5.92 Å².